The summed E-state index contributed by atoms with van der Waals surface area (Å²) in [5.41, 5.74) is 0.542. The highest BCUT2D eigenvalue weighted by Gasteiger charge is 2.34. The van der Waals surface area contributed by atoms with E-state index in [1.54, 1.807) is 24.3 Å². The minimum Gasteiger partial charge on any atom is -0.323 e. The molecular weight excluding hydrogens is 300 g/mol. The summed E-state index contributed by atoms with van der Waals surface area (Å²) in [6.07, 6.45) is 0. The molecule has 0 atom stereocenters. The van der Waals surface area contributed by atoms with Crippen molar-refractivity contribution in [3.8, 4) is 0 Å². The van der Waals surface area contributed by atoms with Gasteiger partial charge in [-0.1, -0.05) is 34.8 Å². The fourth-order valence-corrected chi connectivity index (χ4v) is 1.32. The number of benzene rings is 1. The molecule has 15 heavy (non-hydrogen) atoms. The molecule has 1 N–H and O–H groups in total. The Labute approximate surface area is 111 Å². The van der Waals surface area contributed by atoms with Gasteiger partial charge in [-0.25, -0.2) is 0 Å². The number of halogens is 4. The molecule has 0 unspecified atom stereocenters. The number of hydrogen-bond acceptors (Lipinski definition) is 2. The third-order valence-corrected chi connectivity index (χ3v) is 4.07. The number of hydrogen-bond donors (Lipinski definition) is 1. The maximum atomic E-state index is 11.4. The van der Waals surface area contributed by atoms with Crippen molar-refractivity contribution in [2.75, 3.05) is 5.32 Å². The lowest BCUT2D eigenvalue weighted by Crippen LogP contribution is -2.28. The lowest BCUT2D eigenvalue weighted by atomic mass is 10.3. The van der Waals surface area contributed by atoms with Crippen molar-refractivity contribution in [2.24, 2.45) is 0 Å². The Balaban J connectivity index is 2.71. The van der Waals surface area contributed by atoms with E-state index in [1.807, 2.05) is 0 Å². The number of carbonyl (C=O) groups is 1. The van der Waals surface area contributed by atoms with E-state index in [0.29, 0.717) is 21.7 Å². The minimum atomic E-state index is -1.71. The summed E-state index contributed by atoms with van der Waals surface area (Å²) in [5.74, 6) is -0.604. The molecule has 0 radical (unpaired) electrons. The first-order valence-corrected chi connectivity index (χ1v) is 6.48. The SMILES string of the molecule is O=C(Nc1ccc(Cl)cc1)C(Cl)(Cl)SCl. The van der Waals surface area contributed by atoms with Crippen LogP contribution in [0.25, 0.3) is 0 Å². The van der Waals surface area contributed by atoms with Gasteiger partial charge in [0.1, 0.15) is 0 Å². The van der Waals surface area contributed by atoms with Gasteiger partial charge in [0.25, 0.3) is 9.57 Å². The lowest BCUT2D eigenvalue weighted by molar-refractivity contribution is -0.115. The minimum absolute atomic E-state index is 0.523. The molecule has 0 aliphatic rings. The van der Waals surface area contributed by atoms with Gasteiger partial charge in [0.15, 0.2) is 0 Å². The van der Waals surface area contributed by atoms with E-state index in [2.05, 4.69) is 5.32 Å². The summed E-state index contributed by atoms with van der Waals surface area (Å²) in [7, 11) is 5.87. The number of amides is 1. The van der Waals surface area contributed by atoms with Gasteiger partial charge in [0.2, 0.25) is 0 Å². The number of carbonyl (C=O) groups excluding carboxylic acids is 1. The van der Waals surface area contributed by atoms with Crippen molar-refractivity contribution in [1.82, 2.24) is 0 Å². The van der Waals surface area contributed by atoms with E-state index in [-0.39, 0.29) is 0 Å². The zero-order valence-electron chi connectivity index (χ0n) is 7.14. The van der Waals surface area contributed by atoms with Crippen LogP contribution in [0.3, 0.4) is 0 Å². The Morgan fingerprint density at radius 3 is 2.27 bits per heavy atom. The molecular formula is C8H5Cl4NOS. The van der Waals surface area contributed by atoms with Crippen LogP contribution in [-0.2, 0) is 4.79 Å². The van der Waals surface area contributed by atoms with Gasteiger partial charge in [-0.15, -0.1) is 0 Å². The van der Waals surface area contributed by atoms with Crippen LogP contribution < -0.4 is 5.32 Å². The fraction of sp³-hybridized carbons (Fsp3) is 0.125. The zero-order chi connectivity index (χ0) is 11.5. The molecule has 82 valence electrons. The van der Waals surface area contributed by atoms with Crippen molar-refractivity contribution in [2.45, 2.75) is 3.67 Å². The Morgan fingerprint density at radius 2 is 1.80 bits per heavy atom. The highest BCUT2D eigenvalue weighted by Crippen LogP contribution is 2.38. The van der Waals surface area contributed by atoms with Crippen molar-refractivity contribution < 1.29 is 4.79 Å². The molecule has 1 aromatic carbocycles. The topological polar surface area (TPSA) is 29.1 Å². The van der Waals surface area contributed by atoms with Gasteiger partial charge >= 0.3 is 0 Å². The number of rotatable bonds is 3. The first kappa shape index (κ1) is 13.3. The predicted octanol–water partition coefficient (Wildman–Crippen LogP) is 4.30. The van der Waals surface area contributed by atoms with Gasteiger partial charge in [-0.05, 0) is 45.9 Å². The van der Waals surface area contributed by atoms with Crippen LogP contribution in [0.2, 0.25) is 5.02 Å². The Morgan fingerprint density at radius 1 is 1.27 bits per heavy atom. The van der Waals surface area contributed by atoms with E-state index < -0.39 is 9.57 Å². The number of alkyl halides is 2. The molecule has 0 heterocycles. The Hall–Kier alpha value is 0.200. The molecule has 1 rings (SSSR count). The molecule has 2 nitrogen and oxygen atoms in total. The zero-order valence-corrected chi connectivity index (χ0v) is 11.0. The molecule has 0 bridgehead atoms. The van der Waals surface area contributed by atoms with E-state index in [9.17, 15) is 4.79 Å². The lowest BCUT2D eigenvalue weighted by Gasteiger charge is -2.14. The highest BCUT2D eigenvalue weighted by atomic mass is 35.7. The molecule has 7 heteroatoms. The monoisotopic (exact) mass is 303 g/mol. The fourth-order valence-electron chi connectivity index (χ4n) is 0.772. The second-order valence-electron chi connectivity index (χ2n) is 2.55. The summed E-state index contributed by atoms with van der Waals surface area (Å²) in [5, 5.41) is 3.07. The quantitative estimate of drug-likeness (QED) is 0.844. The predicted molar refractivity (Wildman–Crippen MR) is 68.0 cm³/mol. The maximum Gasteiger partial charge on any atom is 0.272 e. The van der Waals surface area contributed by atoms with Crippen molar-refractivity contribution in [1.29, 1.82) is 0 Å². The molecule has 1 amide bonds. The largest absolute Gasteiger partial charge is 0.323 e. The van der Waals surface area contributed by atoms with Crippen molar-refractivity contribution >= 4 is 68.1 Å². The number of anilines is 1. The molecule has 1 aromatic rings. The standard InChI is InChI=1S/C8H5Cl4NOS/c9-5-1-3-6(4-2-5)13-7(14)8(10,11)15-12/h1-4H,(H,13,14). The molecule has 0 aliphatic heterocycles. The van der Waals surface area contributed by atoms with Crippen LogP contribution in [0.5, 0.6) is 0 Å². The van der Waals surface area contributed by atoms with Crippen molar-refractivity contribution in [3.63, 3.8) is 0 Å². The Bertz CT molecular complexity index is 354. The highest BCUT2D eigenvalue weighted by molar-refractivity contribution is 8.24. The van der Waals surface area contributed by atoms with Crippen LogP contribution in [0.4, 0.5) is 5.69 Å². The number of nitrogens with one attached hydrogen (secondary N) is 1. The molecule has 0 saturated carbocycles. The third kappa shape index (κ3) is 3.93. The Kier molecular flexibility index (Phi) is 4.87. The van der Waals surface area contributed by atoms with Gasteiger partial charge in [0.05, 0.1) is 0 Å². The van der Waals surface area contributed by atoms with Gasteiger partial charge in [0, 0.05) is 10.7 Å². The van der Waals surface area contributed by atoms with Crippen LogP contribution in [0, 0.1) is 0 Å². The summed E-state index contributed by atoms with van der Waals surface area (Å²) >= 11 is 16.9. The van der Waals surface area contributed by atoms with E-state index >= 15 is 0 Å². The smallest absolute Gasteiger partial charge is 0.272 e. The van der Waals surface area contributed by atoms with Crippen molar-refractivity contribution in [3.05, 3.63) is 29.3 Å². The van der Waals surface area contributed by atoms with E-state index in [4.69, 9.17) is 45.5 Å². The molecule has 0 aromatic heterocycles. The molecule has 0 spiro atoms. The summed E-state index contributed by atoms with van der Waals surface area (Å²) in [6, 6.07) is 6.52. The van der Waals surface area contributed by atoms with Crippen LogP contribution in [0.15, 0.2) is 24.3 Å². The summed E-state index contributed by atoms with van der Waals surface area (Å²) < 4.78 is -1.71. The van der Waals surface area contributed by atoms with Gasteiger partial charge < -0.3 is 5.32 Å². The van der Waals surface area contributed by atoms with Crippen LogP contribution >= 0.6 is 56.5 Å². The normalized spacial score (nSPS) is 11.2. The molecule has 0 saturated heterocycles. The summed E-state index contributed by atoms with van der Waals surface area (Å²) in [4.78, 5) is 11.4. The average Bonchev–Trinajstić information content (AvgIpc) is 2.21. The van der Waals surface area contributed by atoms with E-state index in [1.165, 1.54) is 0 Å². The van der Waals surface area contributed by atoms with E-state index in [0.717, 1.165) is 0 Å². The van der Waals surface area contributed by atoms with Gasteiger partial charge in [-0.2, -0.15) is 0 Å². The first-order chi connectivity index (χ1) is 6.95. The molecule has 0 fully saturated rings. The van der Waals surface area contributed by atoms with Crippen LogP contribution in [0.1, 0.15) is 0 Å². The van der Waals surface area contributed by atoms with Gasteiger partial charge in [-0.3, -0.25) is 4.79 Å². The average molecular weight is 305 g/mol. The van der Waals surface area contributed by atoms with Crippen LogP contribution in [-0.4, -0.2) is 9.57 Å². The third-order valence-electron chi connectivity index (χ3n) is 1.46. The second-order valence-corrected chi connectivity index (χ2v) is 6.00. The summed E-state index contributed by atoms with van der Waals surface area (Å²) in [6.45, 7) is 0. The first-order valence-electron chi connectivity index (χ1n) is 3.70. The second kappa shape index (κ2) is 5.51. The maximum absolute atomic E-state index is 11.4. The molecule has 0 aliphatic carbocycles.